The Bertz CT molecular complexity index is 1270. The van der Waals surface area contributed by atoms with Crippen LogP contribution in [0.2, 0.25) is 10.0 Å². The molecule has 0 radical (unpaired) electrons. The van der Waals surface area contributed by atoms with Crippen LogP contribution in [0.25, 0.3) is 0 Å². The SMILES string of the molecule is CCCN1C[C@H](C2c3cccc(Cl)c3CCc3c(Cl)cccc32)n2ncc(=O)c(O)c2C1=O. The second-order valence-corrected chi connectivity index (χ2v) is 9.38. The predicted octanol–water partition coefficient (Wildman–Crippen LogP) is 4.59. The van der Waals surface area contributed by atoms with Gasteiger partial charge in [-0.2, -0.15) is 5.10 Å². The van der Waals surface area contributed by atoms with Gasteiger partial charge in [0.05, 0.1) is 12.2 Å². The van der Waals surface area contributed by atoms with Crippen LogP contribution in [0.4, 0.5) is 0 Å². The number of aromatic hydroxyl groups is 1. The van der Waals surface area contributed by atoms with Gasteiger partial charge >= 0.3 is 0 Å². The molecule has 33 heavy (non-hydrogen) atoms. The second kappa shape index (κ2) is 8.50. The summed E-state index contributed by atoms with van der Waals surface area (Å²) >= 11 is 13.3. The van der Waals surface area contributed by atoms with Crippen molar-refractivity contribution in [1.82, 2.24) is 14.7 Å². The summed E-state index contributed by atoms with van der Waals surface area (Å²) in [6.07, 6.45) is 3.30. The lowest BCUT2D eigenvalue weighted by Crippen LogP contribution is -2.47. The molecule has 0 unspecified atom stereocenters. The highest BCUT2D eigenvalue weighted by Gasteiger charge is 2.41. The fourth-order valence-corrected chi connectivity index (χ4v) is 5.80. The van der Waals surface area contributed by atoms with E-state index in [4.69, 9.17) is 23.2 Å². The maximum atomic E-state index is 13.2. The van der Waals surface area contributed by atoms with Crippen LogP contribution in [-0.2, 0) is 12.8 Å². The van der Waals surface area contributed by atoms with Crippen molar-refractivity contribution >= 4 is 29.1 Å². The lowest BCUT2D eigenvalue weighted by Gasteiger charge is -2.39. The average Bonchev–Trinajstić information content (AvgIpc) is 2.96. The standard InChI is InChI=1S/C25H23Cl2N3O3/c1-2-11-29-13-20(30-23(25(29)33)24(32)21(31)12-28-30)22-16-5-3-7-18(26)14(16)9-10-15-17(22)6-4-8-19(15)27/h3-8,12,20,22,32H,2,9-11,13H2,1H3/t20-/m1/s1. The molecule has 3 aromatic rings. The fourth-order valence-electron chi connectivity index (χ4n) is 5.25. The van der Waals surface area contributed by atoms with Crippen LogP contribution in [0.1, 0.15) is 58.0 Å². The minimum Gasteiger partial charge on any atom is -0.502 e. The zero-order valence-electron chi connectivity index (χ0n) is 18.1. The van der Waals surface area contributed by atoms with Crippen molar-refractivity contribution in [2.24, 2.45) is 0 Å². The van der Waals surface area contributed by atoms with Crippen LogP contribution >= 0.6 is 23.2 Å². The Morgan fingerprint density at radius 2 is 1.64 bits per heavy atom. The quantitative estimate of drug-likeness (QED) is 0.590. The third kappa shape index (κ3) is 3.52. The van der Waals surface area contributed by atoms with Gasteiger partial charge in [0.25, 0.3) is 5.91 Å². The normalized spacial score (nSPS) is 17.8. The Morgan fingerprint density at radius 1 is 1.03 bits per heavy atom. The van der Waals surface area contributed by atoms with E-state index in [1.165, 1.54) is 4.68 Å². The van der Waals surface area contributed by atoms with Gasteiger partial charge in [-0.05, 0) is 53.6 Å². The molecule has 0 spiro atoms. The maximum Gasteiger partial charge on any atom is 0.276 e. The molecule has 1 aromatic heterocycles. The van der Waals surface area contributed by atoms with E-state index >= 15 is 0 Å². The van der Waals surface area contributed by atoms with E-state index in [0.717, 1.165) is 47.7 Å². The van der Waals surface area contributed by atoms with Crippen LogP contribution in [-0.4, -0.2) is 38.8 Å². The van der Waals surface area contributed by atoms with E-state index in [9.17, 15) is 14.7 Å². The molecule has 1 aliphatic heterocycles. The highest BCUT2D eigenvalue weighted by Crippen LogP contribution is 2.46. The Kier molecular flexibility index (Phi) is 5.67. The molecule has 0 fully saturated rings. The van der Waals surface area contributed by atoms with E-state index in [1.54, 1.807) is 4.90 Å². The van der Waals surface area contributed by atoms with Crippen molar-refractivity contribution in [2.45, 2.75) is 38.1 Å². The molecule has 0 saturated heterocycles. The monoisotopic (exact) mass is 483 g/mol. The van der Waals surface area contributed by atoms with E-state index in [1.807, 2.05) is 31.2 Å². The Morgan fingerprint density at radius 3 is 2.21 bits per heavy atom. The van der Waals surface area contributed by atoms with Crippen LogP contribution in [0.3, 0.4) is 0 Å². The van der Waals surface area contributed by atoms with E-state index in [2.05, 4.69) is 17.2 Å². The summed E-state index contributed by atoms with van der Waals surface area (Å²) in [6.45, 7) is 2.88. The summed E-state index contributed by atoms with van der Waals surface area (Å²) in [5.41, 5.74) is 3.45. The van der Waals surface area contributed by atoms with Crippen molar-refractivity contribution < 1.29 is 9.90 Å². The summed E-state index contributed by atoms with van der Waals surface area (Å²) in [5.74, 6) is -1.18. The van der Waals surface area contributed by atoms with E-state index in [-0.39, 0.29) is 23.6 Å². The minimum atomic E-state index is -0.667. The lowest BCUT2D eigenvalue weighted by molar-refractivity contribution is 0.0634. The molecule has 2 heterocycles. The predicted molar refractivity (Wildman–Crippen MR) is 128 cm³/mol. The number of fused-ring (bicyclic) bond motifs is 3. The maximum absolute atomic E-state index is 13.2. The number of hydrogen-bond donors (Lipinski definition) is 1. The minimum absolute atomic E-state index is 0.0661. The van der Waals surface area contributed by atoms with Gasteiger partial charge < -0.3 is 10.0 Å². The molecule has 2 aliphatic rings. The average molecular weight is 484 g/mol. The molecule has 6 nitrogen and oxygen atoms in total. The molecule has 0 bridgehead atoms. The zero-order chi connectivity index (χ0) is 23.3. The van der Waals surface area contributed by atoms with Crippen molar-refractivity contribution in [3.05, 3.63) is 90.8 Å². The summed E-state index contributed by atoms with van der Waals surface area (Å²) in [5, 5.41) is 16.3. The molecule has 1 atom stereocenters. The summed E-state index contributed by atoms with van der Waals surface area (Å²) < 4.78 is 1.52. The molecule has 170 valence electrons. The highest BCUT2D eigenvalue weighted by atomic mass is 35.5. The third-order valence-corrected chi connectivity index (χ3v) is 7.39. The van der Waals surface area contributed by atoms with Gasteiger partial charge in [0.1, 0.15) is 0 Å². The Hall–Kier alpha value is -2.83. The first-order chi connectivity index (χ1) is 15.9. The number of carbonyl (C=O) groups is 1. The van der Waals surface area contributed by atoms with Crippen molar-refractivity contribution in [1.29, 1.82) is 0 Å². The first-order valence-corrected chi connectivity index (χ1v) is 11.8. The molecular weight excluding hydrogens is 461 g/mol. The summed E-state index contributed by atoms with van der Waals surface area (Å²) in [4.78, 5) is 27.1. The number of carbonyl (C=O) groups excluding carboxylic acids is 1. The van der Waals surface area contributed by atoms with Gasteiger partial charge in [0.15, 0.2) is 11.4 Å². The molecule has 1 aliphatic carbocycles. The molecule has 8 heteroatoms. The Balaban J connectivity index is 1.80. The smallest absolute Gasteiger partial charge is 0.276 e. The molecular formula is C25H23Cl2N3O3. The number of rotatable bonds is 3. The topological polar surface area (TPSA) is 75.4 Å². The summed E-state index contributed by atoms with van der Waals surface area (Å²) in [6, 6.07) is 11.4. The lowest BCUT2D eigenvalue weighted by atomic mass is 9.81. The van der Waals surface area contributed by atoms with Gasteiger partial charge in [-0.25, -0.2) is 0 Å². The number of nitrogens with zero attached hydrogens (tertiary/aromatic N) is 3. The van der Waals surface area contributed by atoms with E-state index < -0.39 is 11.2 Å². The molecule has 1 N–H and O–H groups in total. The number of halogens is 2. The van der Waals surface area contributed by atoms with Gasteiger partial charge in [-0.1, -0.05) is 54.4 Å². The van der Waals surface area contributed by atoms with Crippen molar-refractivity contribution in [2.75, 3.05) is 13.1 Å². The van der Waals surface area contributed by atoms with E-state index in [0.29, 0.717) is 23.1 Å². The van der Waals surface area contributed by atoms with Gasteiger partial charge in [-0.15, -0.1) is 0 Å². The zero-order valence-corrected chi connectivity index (χ0v) is 19.6. The van der Waals surface area contributed by atoms with Crippen molar-refractivity contribution in [3.8, 4) is 5.75 Å². The largest absolute Gasteiger partial charge is 0.502 e. The van der Waals surface area contributed by atoms with Crippen LogP contribution in [0, 0.1) is 0 Å². The molecule has 5 rings (SSSR count). The first-order valence-electron chi connectivity index (χ1n) is 11.1. The fraction of sp³-hybridized carbons (Fsp3) is 0.320. The molecule has 1 amide bonds. The summed E-state index contributed by atoms with van der Waals surface area (Å²) in [7, 11) is 0. The highest BCUT2D eigenvalue weighted by molar-refractivity contribution is 6.32. The first kappa shape index (κ1) is 22.0. The second-order valence-electron chi connectivity index (χ2n) is 8.56. The molecule has 0 saturated carbocycles. The van der Waals surface area contributed by atoms with Crippen LogP contribution in [0.5, 0.6) is 5.75 Å². The van der Waals surface area contributed by atoms with Gasteiger partial charge in [-0.3, -0.25) is 14.3 Å². The third-order valence-electron chi connectivity index (χ3n) is 6.68. The van der Waals surface area contributed by atoms with Gasteiger partial charge in [0, 0.05) is 29.1 Å². The van der Waals surface area contributed by atoms with Crippen LogP contribution in [0.15, 0.2) is 47.4 Å². The number of hydrogen-bond acceptors (Lipinski definition) is 4. The number of aromatic nitrogens is 2. The molecule has 2 aromatic carbocycles. The van der Waals surface area contributed by atoms with Crippen molar-refractivity contribution in [3.63, 3.8) is 0 Å². The Labute approximate surface area is 201 Å². The number of amides is 1. The number of benzene rings is 2. The van der Waals surface area contributed by atoms with Gasteiger partial charge in [0.2, 0.25) is 5.43 Å². The van der Waals surface area contributed by atoms with Crippen LogP contribution < -0.4 is 5.43 Å².